The molecule has 4 heteroatoms. The molecule has 8 bridgehead atoms. The zero-order chi connectivity index (χ0) is 28.9. The number of hydrogen-bond donors (Lipinski definition) is 3. The molecule has 1 aliphatic heterocycles. The van der Waals surface area contributed by atoms with Gasteiger partial charge in [-0.05, 0) is 79.1 Å². The molecule has 0 amide bonds. The third-order valence-corrected chi connectivity index (χ3v) is 8.32. The van der Waals surface area contributed by atoms with Gasteiger partial charge in [0, 0.05) is 44.3 Å². The summed E-state index contributed by atoms with van der Waals surface area (Å²) in [6.07, 6.45) is 4.23. The van der Waals surface area contributed by atoms with E-state index in [1.807, 2.05) is 0 Å². The molecule has 3 N–H and O–H groups in total. The third-order valence-electron chi connectivity index (χ3n) is 8.32. The molecule has 5 heterocycles. The van der Waals surface area contributed by atoms with E-state index in [-0.39, 0.29) is 0 Å². The average molecular weight is 555 g/mol. The van der Waals surface area contributed by atoms with Crippen LogP contribution in [0, 0.1) is 13.8 Å². The molecular formula is C39H30N4. The maximum atomic E-state index is 5.17. The van der Waals surface area contributed by atoms with Crippen LogP contribution in [0.15, 0.2) is 115 Å². The van der Waals surface area contributed by atoms with E-state index in [0.29, 0.717) is 0 Å². The van der Waals surface area contributed by atoms with Gasteiger partial charge in [0.15, 0.2) is 0 Å². The van der Waals surface area contributed by atoms with Gasteiger partial charge in [-0.1, -0.05) is 90.0 Å². The van der Waals surface area contributed by atoms with Gasteiger partial charge in [-0.2, -0.15) is 0 Å². The SMILES string of the molecule is Cc1ccc(-c2c3nc(c4ccc([nH]4)c(-c4ccc(C)cc4)c4ccc([nH]4)c(-c4ccccc4)c4ccc2[nH]4)C=C3)cc1. The maximum Gasteiger partial charge on any atom is 0.0872 e. The van der Waals surface area contributed by atoms with Gasteiger partial charge in [-0.3, -0.25) is 0 Å². The summed E-state index contributed by atoms with van der Waals surface area (Å²) < 4.78 is 0. The Morgan fingerprint density at radius 1 is 0.372 bits per heavy atom. The summed E-state index contributed by atoms with van der Waals surface area (Å²) in [7, 11) is 0. The average Bonchev–Trinajstić information content (AvgIpc) is 3.85. The summed E-state index contributed by atoms with van der Waals surface area (Å²) in [4.78, 5) is 16.5. The molecule has 206 valence electrons. The van der Waals surface area contributed by atoms with Crippen LogP contribution in [0.2, 0.25) is 0 Å². The number of aromatic nitrogens is 4. The van der Waals surface area contributed by atoms with Gasteiger partial charge in [0.1, 0.15) is 0 Å². The second kappa shape index (κ2) is 10.0. The predicted octanol–water partition coefficient (Wildman–Crippen LogP) is 10.3. The lowest BCUT2D eigenvalue weighted by molar-refractivity contribution is 1.32. The van der Waals surface area contributed by atoms with Crippen LogP contribution in [0.1, 0.15) is 22.5 Å². The number of rotatable bonds is 3. The summed E-state index contributed by atoms with van der Waals surface area (Å²) in [6.45, 7) is 4.24. The van der Waals surface area contributed by atoms with Crippen LogP contribution in [0.4, 0.5) is 0 Å². The zero-order valence-corrected chi connectivity index (χ0v) is 24.1. The summed E-state index contributed by atoms with van der Waals surface area (Å²) in [5.74, 6) is 0. The van der Waals surface area contributed by atoms with Crippen LogP contribution in [0.3, 0.4) is 0 Å². The van der Waals surface area contributed by atoms with E-state index >= 15 is 0 Å². The van der Waals surface area contributed by atoms with Crippen molar-refractivity contribution in [1.29, 1.82) is 0 Å². The fraction of sp³-hybridized carbons (Fsp3) is 0.0513. The summed E-state index contributed by atoms with van der Waals surface area (Å²) in [5, 5.41) is 0. The molecule has 0 saturated carbocycles. The van der Waals surface area contributed by atoms with Crippen LogP contribution >= 0.6 is 0 Å². The molecule has 0 fully saturated rings. The number of hydrogen-bond acceptors (Lipinski definition) is 1. The molecule has 7 aromatic rings. The lowest BCUT2D eigenvalue weighted by Crippen LogP contribution is -1.86. The molecule has 4 aromatic heterocycles. The van der Waals surface area contributed by atoms with Gasteiger partial charge in [-0.15, -0.1) is 0 Å². The Labute approximate surface area is 249 Å². The third kappa shape index (κ3) is 4.45. The summed E-state index contributed by atoms with van der Waals surface area (Å²) in [6, 6.07) is 41.0. The molecule has 8 rings (SSSR count). The molecule has 0 radical (unpaired) electrons. The highest BCUT2D eigenvalue weighted by molar-refractivity contribution is 6.00. The van der Waals surface area contributed by atoms with E-state index in [2.05, 4.69) is 156 Å². The molecule has 0 atom stereocenters. The van der Waals surface area contributed by atoms with Crippen LogP contribution in [0.25, 0.3) is 78.6 Å². The second-order valence-corrected chi connectivity index (χ2v) is 11.3. The largest absolute Gasteiger partial charge is 0.354 e. The van der Waals surface area contributed by atoms with E-state index < -0.39 is 0 Å². The minimum absolute atomic E-state index is 0.916. The van der Waals surface area contributed by atoms with E-state index in [1.165, 1.54) is 11.1 Å². The van der Waals surface area contributed by atoms with Gasteiger partial charge >= 0.3 is 0 Å². The normalized spacial score (nSPS) is 11.9. The molecule has 1 aliphatic rings. The number of aryl methyl sites for hydroxylation is 2. The number of fused-ring (bicyclic) bond motifs is 9. The summed E-state index contributed by atoms with van der Waals surface area (Å²) in [5.41, 5.74) is 17.2. The van der Waals surface area contributed by atoms with Crippen molar-refractivity contribution in [3.8, 4) is 33.4 Å². The van der Waals surface area contributed by atoms with Crippen molar-refractivity contribution < 1.29 is 0 Å². The highest BCUT2D eigenvalue weighted by atomic mass is 14.8. The van der Waals surface area contributed by atoms with Gasteiger partial charge in [-0.25, -0.2) is 4.98 Å². The van der Waals surface area contributed by atoms with Crippen molar-refractivity contribution in [3.63, 3.8) is 0 Å². The van der Waals surface area contributed by atoms with E-state index in [9.17, 15) is 0 Å². The summed E-state index contributed by atoms with van der Waals surface area (Å²) >= 11 is 0. The Balaban J connectivity index is 1.55. The van der Waals surface area contributed by atoms with Crippen molar-refractivity contribution in [2.45, 2.75) is 13.8 Å². The Morgan fingerprint density at radius 3 is 1.30 bits per heavy atom. The van der Waals surface area contributed by atoms with Crippen molar-refractivity contribution >= 4 is 45.3 Å². The minimum atomic E-state index is 0.916. The van der Waals surface area contributed by atoms with Crippen molar-refractivity contribution in [3.05, 3.63) is 138 Å². The first-order chi connectivity index (χ1) is 21.1. The van der Waals surface area contributed by atoms with Gasteiger partial charge < -0.3 is 15.0 Å². The van der Waals surface area contributed by atoms with E-state index in [1.54, 1.807) is 0 Å². The standard InChI is InChI=1S/C39H30N4/c1-24-8-12-27(13-9-24)38-31-18-16-29(40-31)30-17-19-32(41-30)39(28-14-10-25(2)11-15-28)36-23-21-34(43-36)37(26-6-4-3-5-7-26)33-20-22-35(38)42-33/h3-23,40,42-43H,1-2H3. The van der Waals surface area contributed by atoms with Gasteiger partial charge in [0.05, 0.1) is 16.9 Å². The molecule has 0 saturated heterocycles. The van der Waals surface area contributed by atoms with Gasteiger partial charge in [0.2, 0.25) is 0 Å². The van der Waals surface area contributed by atoms with Crippen molar-refractivity contribution in [2.24, 2.45) is 0 Å². The van der Waals surface area contributed by atoms with Crippen LogP contribution in [0.5, 0.6) is 0 Å². The lowest BCUT2D eigenvalue weighted by Gasteiger charge is -2.05. The topological polar surface area (TPSA) is 60.3 Å². The maximum absolute atomic E-state index is 5.17. The number of benzene rings is 3. The van der Waals surface area contributed by atoms with E-state index in [4.69, 9.17) is 4.98 Å². The fourth-order valence-corrected chi connectivity index (χ4v) is 6.11. The Hall–Kier alpha value is -5.61. The molecule has 4 nitrogen and oxygen atoms in total. The Kier molecular flexibility index (Phi) is 5.86. The molecule has 0 aliphatic carbocycles. The first kappa shape index (κ1) is 25.1. The van der Waals surface area contributed by atoms with E-state index in [0.717, 1.165) is 77.9 Å². The number of aromatic amines is 3. The molecule has 0 spiro atoms. The quantitative estimate of drug-likeness (QED) is 0.200. The molecule has 43 heavy (non-hydrogen) atoms. The second-order valence-electron chi connectivity index (χ2n) is 11.3. The van der Waals surface area contributed by atoms with Crippen LogP contribution in [-0.2, 0) is 0 Å². The number of nitrogens with zero attached hydrogens (tertiary/aromatic N) is 1. The lowest BCUT2D eigenvalue weighted by atomic mass is 10.0. The van der Waals surface area contributed by atoms with Gasteiger partial charge in [0.25, 0.3) is 0 Å². The Bertz CT molecular complexity index is 2280. The Morgan fingerprint density at radius 2 is 0.767 bits per heavy atom. The van der Waals surface area contributed by atoms with Crippen LogP contribution < -0.4 is 0 Å². The predicted molar refractivity (Wildman–Crippen MR) is 181 cm³/mol. The highest BCUT2D eigenvalue weighted by Crippen LogP contribution is 2.35. The minimum Gasteiger partial charge on any atom is -0.354 e. The molecule has 0 unspecified atom stereocenters. The van der Waals surface area contributed by atoms with Crippen LogP contribution in [-0.4, -0.2) is 19.9 Å². The molecular weight excluding hydrogens is 524 g/mol. The highest BCUT2D eigenvalue weighted by Gasteiger charge is 2.15. The monoisotopic (exact) mass is 554 g/mol. The smallest absolute Gasteiger partial charge is 0.0872 e. The first-order valence-electron chi connectivity index (χ1n) is 14.6. The molecule has 3 aromatic carbocycles. The number of nitrogens with one attached hydrogen (secondary N) is 3. The zero-order valence-electron chi connectivity index (χ0n) is 24.1. The number of H-pyrrole nitrogens is 3. The van der Waals surface area contributed by atoms with Crippen molar-refractivity contribution in [1.82, 2.24) is 19.9 Å². The van der Waals surface area contributed by atoms with Crippen molar-refractivity contribution in [2.75, 3.05) is 0 Å². The first-order valence-corrected chi connectivity index (χ1v) is 14.6. The fourth-order valence-electron chi connectivity index (χ4n) is 6.11.